The van der Waals surface area contributed by atoms with E-state index in [4.69, 9.17) is 15.2 Å². The van der Waals surface area contributed by atoms with Crippen LogP contribution in [0.1, 0.15) is 25.3 Å². The second kappa shape index (κ2) is 7.11. The van der Waals surface area contributed by atoms with Crippen molar-refractivity contribution in [3.8, 4) is 6.07 Å². The number of nitriles is 1. The number of halogens is 4. The second-order valence-electron chi connectivity index (χ2n) is 5.46. The summed E-state index contributed by atoms with van der Waals surface area (Å²) in [7, 11) is 0. The molecule has 1 aliphatic rings. The smallest absolute Gasteiger partial charge is 0.463 e. The van der Waals surface area contributed by atoms with E-state index in [0.717, 1.165) is 12.1 Å². The first-order valence-corrected chi connectivity index (χ1v) is 7.56. The normalized spacial score (nSPS) is 17.7. The molecule has 5 nitrogen and oxygen atoms in total. The van der Waals surface area contributed by atoms with Gasteiger partial charge in [0.2, 0.25) is 5.88 Å². The summed E-state index contributed by atoms with van der Waals surface area (Å²) < 4.78 is 63.9. The molecule has 0 spiro atoms. The van der Waals surface area contributed by atoms with Crippen molar-refractivity contribution in [1.82, 2.24) is 0 Å². The fourth-order valence-corrected chi connectivity index (χ4v) is 2.76. The van der Waals surface area contributed by atoms with E-state index in [-0.39, 0.29) is 23.5 Å². The lowest BCUT2D eigenvalue weighted by Crippen LogP contribution is -2.40. The average molecular weight is 369 g/mol. The van der Waals surface area contributed by atoms with Gasteiger partial charge in [0.1, 0.15) is 23.2 Å². The van der Waals surface area contributed by atoms with Gasteiger partial charge in [0.15, 0.2) is 0 Å². The lowest BCUT2D eigenvalue weighted by atomic mass is 9.70. The van der Waals surface area contributed by atoms with Crippen molar-refractivity contribution < 1.29 is 31.6 Å². The van der Waals surface area contributed by atoms with E-state index in [1.807, 2.05) is 0 Å². The monoisotopic (exact) mass is 369 g/mol. The number of allylic oxidation sites excluding steroid dienone is 2. The minimum atomic E-state index is -5.63. The van der Waals surface area contributed by atoms with Crippen LogP contribution >= 0.6 is 0 Å². The molecule has 0 fully saturated rings. The van der Waals surface area contributed by atoms with Crippen molar-refractivity contribution in [2.75, 3.05) is 6.61 Å². The van der Waals surface area contributed by atoms with Gasteiger partial charge in [0, 0.05) is 0 Å². The van der Waals surface area contributed by atoms with E-state index in [0.29, 0.717) is 6.07 Å². The maximum absolute atomic E-state index is 13.5. The molecule has 2 rings (SSSR count). The maximum Gasteiger partial charge on any atom is 0.510 e. The molecule has 1 unspecified atom stereocenters. The molecule has 138 valence electrons. The van der Waals surface area contributed by atoms with Crippen LogP contribution in [0, 0.1) is 17.1 Å². The number of carbonyl (C=O) groups excluding carboxylic acids is 1. The van der Waals surface area contributed by atoms with E-state index in [1.54, 1.807) is 6.07 Å². The minimum Gasteiger partial charge on any atom is -0.463 e. The summed E-state index contributed by atoms with van der Waals surface area (Å²) >= 11 is 0. The molecule has 0 saturated carbocycles. The fourth-order valence-electron chi connectivity index (χ4n) is 2.76. The largest absolute Gasteiger partial charge is 0.510 e. The molecule has 1 aromatic rings. The number of carbonyl (C=O) groups is 1. The third-order valence-corrected chi connectivity index (χ3v) is 3.81. The van der Waals surface area contributed by atoms with Gasteiger partial charge in [-0.1, -0.05) is 17.7 Å². The standard InChI is InChI=1S/C16H14BF4N2O3/c1-3-25-16(24)13-8(2)26-15(23)11(7-22)14(13)10-5-4-9(18)6-12(10)17(19,20)21/h4-6,14H,3,23H2,1-2H3/q-1. The first-order valence-electron chi connectivity index (χ1n) is 7.56. The Hall–Kier alpha value is -2.96. The average Bonchev–Trinajstić information content (AvgIpc) is 2.53. The molecule has 0 bridgehead atoms. The summed E-state index contributed by atoms with van der Waals surface area (Å²) in [6.07, 6.45) is 0. The first kappa shape index (κ1) is 19.4. The zero-order valence-corrected chi connectivity index (χ0v) is 13.9. The lowest BCUT2D eigenvalue weighted by Gasteiger charge is -2.30. The van der Waals surface area contributed by atoms with Gasteiger partial charge >= 0.3 is 12.9 Å². The zero-order valence-electron chi connectivity index (χ0n) is 13.9. The van der Waals surface area contributed by atoms with Crippen molar-refractivity contribution in [2.24, 2.45) is 5.73 Å². The molecule has 1 atom stereocenters. The van der Waals surface area contributed by atoms with Crippen molar-refractivity contribution in [3.63, 3.8) is 0 Å². The second-order valence-corrected chi connectivity index (χ2v) is 5.46. The maximum atomic E-state index is 13.5. The Morgan fingerprint density at radius 2 is 2.08 bits per heavy atom. The van der Waals surface area contributed by atoms with Crippen LogP contribution in [-0.4, -0.2) is 19.6 Å². The topological polar surface area (TPSA) is 85.3 Å². The van der Waals surface area contributed by atoms with Gasteiger partial charge in [-0.25, -0.2) is 9.18 Å². The highest BCUT2D eigenvalue weighted by Crippen LogP contribution is 2.39. The number of benzene rings is 1. The molecule has 1 aliphatic heterocycles. The van der Waals surface area contributed by atoms with Crippen LogP contribution in [0.3, 0.4) is 0 Å². The quantitative estimate of drug-likeness (QED) is 0.501. The minimum absolute atomic E-state index is 0.0388. The van der Waals surface area contributed by atoms with E-state index in [9.17, 15) is 27.4 Å². The summed E-state index contributed by atoms with van der Waals surface area (Å²) in [5.41, 5.74) is 3.24. The number of hydrogen-bond acceptors (Lipinski definition) is 5. The zero-order chi connectivity index (χ0) is 19.6. The van der Waals surface area contributed by atoms with Crippen LogP contribution < -0.4 is 11.2 Å². The van der Waals surface area contributed by atoms with Crippen LogP contribution in [-0.2, 0) is 14.3 Å². The number of esters is 1. The Balaban J connectivity index is 2.79. The highest BCUT2D eigenvalue weighted by molar-refractivity contribution is 6.74. The van der Waals surface area contributed by atoms with E-state index in [2.05, 4.69) is 0 Å². The Kier molecular flexibility index (Phi) is 5.30. The summed E-state index contributed by atoms with van der Waals surface area (Å²) in [5, 5.41) is 9.36. The summed E-state index contributed by atoms with van der Waals surface area (Å²) in [5.74, 6) is -4.03. The molecule has 0 radical (unpaired) electrons. The molecule has 0 saturated heterocycles. The van der Waals surface area contributed by atoms with Crippen molar-refractivity contribution in [1.29, 1.82) is 5.26 Å². The Bertz CT molecular complexity index is 856. The highest BCUT2D eigenvalue weighted by atomic mass is 19.4. The molecule has 1 heterocycles. The molecule has 0 aromatic heterocycles. The number of hydrogen-bond donors (Lipinski definition) is 1. The highest BCUT2D eigenvalue weighted by Gasteiger charge is 2.40. The van der Waals surface area contributed by atoms with Gasteiger partial charge < -0.3 is 28.2 Å². The summed E-state index contributed by atoms with van der Waals surface area (Å²) in [6, 6.07) is 3.70. The SMILES string of the molecule is CCOC(=O)C1=C(C)OC(N)=C(C#N)C1c1ccc(F)cc1[B-](F)(F)F. The van der Waals surface area contributed by atoms with Gasteiger partial charge in [0.25, 0.3) is 0 Å². The van der Waals surface area contributed by atoms with Crippen LogP contribution in [0.4, 0.5) is 17.3 Å². The molecule has 2 N–H and O–H groups in total. The van der Waals surface area contributed by atoms with Crippen LogP contribution in [0.5, 0.6) is 0 Å². The number of ether oxygens (including phenoxy) is 2. The van der Waals surface area contributed by atoms with Crippen molar-refractivity contribution in [2.45, 2.75) is 19.8 Å². The van der Waals surface area contributed by atoms with Gasteiger partial charge in [-0.05, 0) is 19.9 Å². The summed E-state index contributed by atoms with van der Waals surface area (Å²) in [4.78, 5) is 12.3. The van der Waals surface area contributed by atoms with Crippen molar-refractivity contribution in [3.05, 3.63) is 52.4 Å². The molecule has 0 amide bonds. The van der Waals surface area contributed by atoms with Gasteiger partial charge in [0.05, 0.1) is 18.1 Å². The Morgan fingerprint density at radius 1 is 1.42 bits per heavy atom. The fraction of sp³-hybridized carbons (Fsp3) is 0.250. The van der Waals surface area contributed by atoms with Crippen LogP contribution in [0.15, 0.2) is 41.0 Å². The number of nitrogens with zero attached hydrogens (tertiary/aromatic N) is 1. The molecule has 26 heavy (non-hydrogen) atoms. The Morgan fingerprint density at radius 3 is 2.62 bits per heavy atom. The predicted molar refractivity (Wildman–Crippen MR) is 85.1 cm³/mol. The first-order chi connectivity index (χ1) is 12.1. The van der Waals surface area contributed by atoms with Gasteiger partial charge in [-0.2, -0.15) is 5.26 Å². The van der Waals surface area contributed by atoms with Crippen LogP contribution in [0.2, 0.25) is 0 Å². The Labute approximate surface area is 146 Å². The molecule has 1 aromatic carbocycles. The number of nitrogens with two attached hydrogens (primary N) is 1. The molecule has 0 aliphatic carbocycles. The van der Waals surface area contributed by atoms with E-state index >= 15 is 0 Å². The lowest BCUT2D eigenvalue weighted by molar-refractivity contribution is -0.139. The third kappa shape index (κ3) is 3.52. The predicted octanol–water partition coefficient (Wildman–Crippen LogP) is 2.52. The van der Waals surface area contributed by atoms with Crippen molar-refractivity contribution >= 4 is 18.4 Å². The van der Waals surface area contributed by atoms with Gasteiger partial charge in [-0.15, -0.1) is 5.46 Å². The summed E-state index contributed by atoms with van der Waals surface area (Å²) in [6.45, 7) is -2.83. The van der Waals surface area contributed by atoms with Gasteiger partial charge in [-0.3, -0.25) is 0 Å². The third-order valence-electron chi connectivity index (χ3n) is 3.81. The molecular weight excluding hydrogens is 355 g/mol. The molecule has 10 heteroatoms. The van der Waals surface area contributed by atoms with E-state index in [1.165, 1.54) is 13.8 Å². The van der Waals surface area contributed by atoms with E-state index < -0.39 is 41.6 Å². The molecular formula is C16H14BF4N2O3-. The number of rotatable bonds is 4. The van der Waals surface area contributed by atoms with Crippen LogP contribution in [0.25, 0.3) is 0 Å².